The van der Waals surface area contributed by atoms with Crippen LogP contribution in [0.5, 0.6) is 17.2 Å². The highest BCUT2D eigenvalue weighted by Crippen LogP contribution is 2.38. The SMILES string of the molecule is COc1cc(Br)cc(/C=C2\SC(=O)N(CCOc3ccc(Cl)cc3)C2=O)c1O. The van der Waals surface area contributed by atoms with Crippen LogP contribution >= 0.6 is 39.3 Å². The summed E-state index contributed by atoms with van der Waals surface area (Å²) in [6.07, 6.45) is 1.47. The Bertz CT molecular complexity index is 948. The van der Waals surface area contributed by atoms with Crippen LogP contribution in [0.25, 0.3) is 6.08 Å². The average Bonchev–Trinajstić information content (AvgIpc) is 2.93. The van der Waals surface area contributed by atoms with Crippen molar-refractivity contribution in [3.63, 3.8) is 0 Å². The molecule has 0 atom stereocenters. The van der Waals surface area contributed by atoms with Crippen LogP contribution in [0.3, 0.4) is 0 Å². The highest BCUT2D eigenvalue weighted by atomic mass is 79.9. The molecule has 0 aromatic heterocycles. The van der Waals surface area contributed by atoms with Gasteiger partial charge in [-0.3, -0.25) is 14.5 Å². The van der Waals surface area contributed by atoms with Gasteiger partial charge in [0.1, 0.15) is 12.4 Å². The molecule has 0 bridgehead atoms. The van der Waals surface area contributed by atoms with Crippen molar-refractivity contribution in [2.75, 3.05) is 20.3 Å². The number of rotatable bonds is 6. The first-order valence-electron chi connectivity index (χ1n) is 8.09. The van der Waals surface area contributed by atoms with Gasteiger partial charge >= 0.3 is 0 Å². The molecule has 1 fully saturated rings. The number of methoxy groups -OCH3 is 1. The Kier molecular flexibility index (Phi) is 6.53. The van der Waals surface area contributed by atoms with Crippen LogP contribution in [-0.2, 0) is 4.79 Å². The highest BCUT2D eigenvalue weighted by Gasteiger charge is 2.35. The van der Waals surface area contributed by atoms with E-state index in [4.69, 9.17) is 21.1 Å². The molecule has 2 aromatic carbocycles. The molecule has 1 aliphatic heterocycles. The van der Waals surface area contributed by atoms with Gasteiger partial charge in [-0.1, -0.05) is 27.5 Å². The van der Waals surface area contributed by atoms with Crippen LogP contribution in [-0.4, -0.2) is 41.4 Å². The van der Waals surface area contributed by atoms with Crippen molar-refractivity contribution in [2.24, 2.45) is 0 Å². The lowest BCUT2D eigenvalue weighted by Gasteiger charge is -2.13. The summed E-state index contributed by atoms with van der Waals surface area (Å²) in [5.74, 6) is 0.311. The van der Waals surface area contributed by atoms with Crippen LogP contribution in [0.1, 0.15) is 5.56 Å². The quantitative estimate of drug-likeness (QED) is 0.586. The van der Waals surface area contributed by atoms with E-state index in [9.17, 15) is 14.7 Å². The number of halogens is 2. The molecule has 146 valence electrons. The van der Waals surface area contributed by atoms with Gasteiger partial charge in [0.05, 0.1) is 18.6 Å². The number of thioether (sulfide) groups is 1. The summed E-state index contributed by atoms with van der Waals surface area (Å²) in [5.41, 5.74) is 0.370. The van der Waals surface area contributed by atoms with Crippen LogP contribution in [0.4, 0.5) is 4.79 Å². The molecule has 0 aliphatic carbocycles. The third kappa shape index (κ3) is 4.63. The molecule has 0 saturated carbocycles. The number of carbonyl (C=O) groups is 2. The Morgan fingerprint density at radius 2 is 1.96 bits per heavy atom. The molecule has 0 radical (unpaired) electrons. The number of carbonyl (C=O) groups excluding carboxylic acids is 2. The van der Waals surface area contributed by atoms with E-state index in [0.29, 0.717) is 20.8 Å². The zero-order valence-electron chi connectivity index (χ0n) is 14.6. The standard InChI is InChI=1S/C19H15BrClNO5S/c1-26-15-10-12(20)8-11(17(15)23)9-16-18(24)22(19(25)28-16)6-7-27-14-4-2-13(21)3-5-14/h2-5,8-10,23H,6-7H2,1H3/b16-9-. The number of amides is 2. The zero-order chi connectivity index (χ0) is 20.3. The lowest BCUT2D eigenvalue weighted by atomic mass is 10.1. The van der Waals surface area contributed by atoms with E-state index < -0.39 is 11.1 Å². The first-order chi connectivity index (χ1) is 13.4. The molecule has 9 heteroatoms. The molecular formula is C19H15BrClNO5S. The topological polar surface area (TPSA) is 76.1 Å². The largest absolute Gasteiger partial charge is 0.504 e. The number of ether oxygens (including phenoxy) is 2. The van der Waals surface area contributed by atoms with Gasteiger partial charge in [0, 0.05) is 15.1 Å². The van der Waals surface area contributed by atoms with Crippen molar-refractivity contribution in [3.05, 3.63) is 56.4 Å². The van der Waals surface area contributed by atoms with Gasteiger partial charge in [0.15, 0.2) is 11.5 Å². The average molecular weight is 485 g/mol. The second-order valence-corrected chi connectivity index (χ2v) is 8.03. The molecule has 0 unspecified atom stereocenters. The molecular weight excluding hydrogens is 470 g/mol. The Labute approximate surface area is 179 Å². The Morgan fingerprint density at radius 1 is 1.25 bits per heavy atom. The normalized spacial score (nSPS) is 15.4. The lowest BCUT2D eigenvalue weighted by Crippen LogP contribution is -2.32. The fourth-order valence-corrected chi connectivity index (χ4v) is 3.92. The number of hydrogen-bond acceptors (Lipinski definition) is 6. The summed E-state index contributed by atoms with van der Waals surface area (Å²) in [6.45, 7) is 0.265. The summed E-state index contributed by atoms with van der Waals surface area (Å²) in [6, 6.07) is 10.0. The van der Waals surface area contributed by atoms with Crippen LogP contribution in [0.15, 0.2) is 45.8 Å². The summed E-state index contributed by atoms with van der Waals surface area (Å²) in [7, 11) is 1.43. The van der Waals surface area contributed by atoms with Gasteiger partial charge in [0.2, 0.25) is 0 Å². The molecule has 1 aliphatic rings. The van der Waals surface area contributed by atoms with E-state index in [1.165, 1.54) is 13.2 Å². The van der Waals surface area contributed by atoms with Gasteiger partial charge in [0.25, 0.3) is 11.1 Å². The molecule has 28 heavy (non-hydrogen) atoms. The van der Waals surface area contributed by atoms with E-state index in [0.717, 1.165) is 16.7 Å². The fourth-order valence-electron chi connectivity index (χ4n) is 2.48. The van der Waals surface area contributed by atoms with E-state index in [1.807, 2.05) is 0 Å². The van der Waals surface area contributed by atoms with Crippen LogP contribution in [0, 0.1) is 0 Å². The smallest absolute Gasteiger partial charge is 0.293 e. The van der Waals surface area contributed by atoms with Gasteiger partial charge in [-0.05, 0) is 54.2 Å². The second kappa shape index (κ2) is 8.89. The lowest BCUT2D eigenvalue weighted by molar-refractivity contribution is -0.123. The van der Waals surface area contributed by atoms with Crippen LogP contribution in [0.2, 0.25) is 5.02 Å². The molecule has 3 rings (SSSR count). The number of aromatic hydroxyl groups is 1. The summed E-state index contributed by atoms with van der Waals surface area (Å²) in [4.78, 5) is 26.1. The molecule has 1 N–H and O–H groups in total. The number of hydrogen-bond donors (Lipinski definition) is 1. The minimum absolute atomic E-state index is 0.108. The van der Waals surface area contributed by atoms with Crippen LogP contribution < -0.4 is 9.47 Å². The highest BCUT2D eigenvalue weighted by molar-refractivity contribution is 9.10. The number of nitrogens with zero attached hydrogens (tertiary/aromatic N) is 1. The van der Waals surface area contributed by atoms with Gasteiger partial charge in [-0.15, -0.1) is 0 Å². The Balaban J connectivity index is 1.70. The third-order valence-corrected chi connectivity index (χ3v) is 5.46. The molecule has 1 saturated heterocycles. The maximum atomic E-state index is 12.6. The van der Waals surface area contributed by atoms with Gasteiger partial charge in [-0.2, -0.15) is 0 Å². The van der Waals surface area contributed by atoms with E-state index >= 15 is 0 Å². The maximum absolute atomic E-state index is 12.6. The van der Waals surface area contributed by atoms with Crippen molar-refractivity contribution in [1.82, 2.24) is 4.90 Å². The number of phenolic OH excluding ortho intramolecular Hbond substituents is 1. The molecule has 2 aromatic rings. The molecule has 1 heterocycles. The number of phenols is 1. The number of imide groups is 1. The predicted octanol–water partition coefficient (Wildman–Crippen LogP) is 4.93. The van der Waals surface area contributed by atoms with E-state index in [1.54, 1.807) is 36.4 Å². The summed E-state index contributed by atoms with van der Waals surface area (Å²) >= 11 is 9.95. The Morgan fingerprint density at radius 3 is 2.64 bits per heavy atom. The second-order valence-electron chi connectivity index (χ2n) is 5.68. The number of benzene rings is 2. The summed E-state index contributed by atoms with van der Waals surface area (Å²) in [5, 5.41) is 10.4. The zero-order valence-corrected chi connectivity index (χ0v) is 17.8. The first-order valence-corrected chi connectivity index (χ1v) is 10.1. The monoisotopic (exact) mass is 483 g/mol. The molecule has 2 amide bonds. The van der Waals surface area contributed by atoms with Crippen molar-refractivity contribution < 1.29 is 24.2 Å². The third-order valence-electron chi connectivity index (χ3n) is 3.85. The van der Waals surface area contributed by atoms with Gasteiger partial charge in [-0.25, -0.2) is 0 Å². The van der Waals surface area contributed by atoms with Crippen molar-refractivity contribution in [3.8, 4) is 17.2 Å². The Hall–Kier alpha value is -2.16. The molecule has 6 nitrogen and oxygen atoms in total. The first kappa shape index (κ1) is 20.6. The molecule has 0 spiro atoms. The van der Waals surface area contributed by atoms with Crippen molar-refractivity contribution in [2.45, 2.75) is 0 Å². The minimum atomic E-state index is -0.437. The van der Waals surface area contributed by atoms with Crippen molar-refractivity contribution in [1.29, 1.82) is 0 Å². The maximum Gasteiger partial charge on any atom is 0.293 e. The van der Waals surface area contributed by atoms with E-state index in [-0.39, 0.29) is 29.6 Å². The minimum Gasteiger partial charge on any atom is -0.504 e. The van der Waals surface area contributed by atoms with Gasteiger partial charge < -0.3 is 14.6 Å². The fraction of sp³-hybridized carbons (Fsp3) is 0.158. The predicted molar refractivity (Wildman–Crippen MR) is 112 cm³/mol. The van der Waals surface area contributed by atoms with Crippen molar-refractivity contribution >= 4 is 56.5 Å². The van der Waals surface area contributed by atoms with E-state index in [2.05, 4.69) is 15.9 Å². The summed E-state index contributed by atoms with van der Waals surface area (Å²) < 4.78 is 11.3.